The molecule has 2 rings (SSSR count). The van der Waals surface area contributed by atoms with E-state index in [1.54, 1.807) is 12.1 Å². The molecule has 1 aromatic carbocycles. The first-order valence-electron chi connectivity index (χ1n) is 4.08. The molecule has 74 valence electrons. The average Bonchev–Trinajstić information content (AvgIpc) is 2.57. The van der Waals surface area contributed by atoms with Crippen LogP contribution in [0.25, 0.3) is 0 Å². The minimum Gasteiger partial charge on any atom is -0.463 e. The molecule has 0 aliphatic carbocycles. The van der Waals surface area contributed by atoms with Gasteiger partial charge in [-0.25, -0.2) is 9.38 Å². The van der Waals surface area contributed by atoms with Gasteiger partial charge in [-0.1, -0.05) is 23.7 Å². The molecule has 1 aromatic rings. The number of nitrogens with two attached hydrogens (primary N) is 1. The lowest BCUT2D eigenvalue weighted by atomic mass is 10.1. The van der Waals surface area contributed by atoms with Crippen molar-refractivity contribution < 1.29 is 9.13 Å². The maximum Gasteiger partial charge on any atom is 0.282 e. The van der Waals surface area contributed by atoms with Crippen molar-refractivity contribution in [1.82, 2.24) is 0 Å². The Kier molecular flexibility index (Phi) is 2.29. The van der Waals surface area contributed by atoms with Gasteiger partial charge < -0.3 is 10.5 Å². The maximum absolute atomic E-state index is 13.5. The van der Waals surface area contributed by atoms with E-state index >= 15 is 0 Å². The number of aliphatic imine (C=N–C) groups is 1. The summed E-state index contributed by atoms with van der Waals surface area (Å²) in [6.45, 7) is 0.267. The summed E-state index contributed by atoms with van der Waals surface area (Å²) in [7, 11) is 0. The molecule has 0 amide bonds. The minimum atomic E-state index is -0.457. The number of halogens is 2. The molecule has 1 heterocycles. The molecule has 0 saturated heterocycles. The first kappa shape index (κ1) is 9.27. The van der Waals surface area contributed by atoms with Crippen molar-refractivity contribution >= 4 is 17.6 Å². The van der Waals surface area contributed by atoms with Gasteiger partial charge in [0.15, 0.2) is 0 Å². The number of hydrogen-bond acceptors (Lipinski definition) is 3. The molecule has 14 heavy (non-hydrogen) atoms. The van der Waals surface area contributed by atoms with E-state index in [-0.39, 0.29) is 23.7 Å². The maximum atomic E-state index is 13.5. The third-order valence-corrected chi connectivity index (χ3v) is 2.30. The molecule has 0 fully saturated rings. The Balaban J connectivity index is 2.37. The van der Waals surface area contributed by atoms with E-state index in [1.165, 1.54) is 6.07 Å². The van der Waals surface area contributed by atoms with E-state index in [0.717, 1.165) is 0 Å². The Morgan fingerprint density at radius 2 is 2.36 bits per heavy atom. The largest absolute Gasteiger partial charge is 0.463 e. The summed E-state index contributed by atoms with van der Waals surface area (Å²) in [5.74, 6) is -0.457. The fourth-order valence-corrected chi connectivity index (χ4v) is 1.51. The predicted molar refractivity (Wildman–Crippen MR) is 51.7 cm³/mol. The highest BCUT2D eigenvalue weighted by molar-refractivity contribution is 6.30. The molecular weight excluding hydrogens is 207 g/mol. The molecule has 0 bridgehead atoms. The molecule has 1 aliphatic rings. The van der Waals surface area contributed by atoms with Crippen molar-refractivity contribution in [1.29, 1.82) is 0 Å². The molecule has 5 heteroatoms. The Bertz CT molecular complexity index is 394. The third kappa shape index (κ3) is 1.53. The molecule has 0 spiro atoms. The van der Waals surface area contributed by atoms with E-state index in [2.05, 4.69) is 4.99 Å². The zero-order valence-electron chi connectivity index (χ0n) is 7.21. The SMILES string of the molecule is NC1=N[C@H](c2cccc(Cl)c2F)CO1. The van der Waals surface area contributed by atoms with Crippen LogP contribution in [0, 0.1) is 5.82 Å². The summed E-state index contributed by atoms with van der Waals surface area (Å²) in [6.07, 6.45) is 0. The zero-order valence-corrected chi connectivity index (χ0v) is 7.96. The summed E-state index contributed by atoms with van der Waals surface area (Å²) in [5.41, 5.74) is 5.74. The lowest BCUT2D eigenvalue weighted by Crippen LogP contribution is -2.10. The van der Waals surface area contributed by atoms with Gasteiger partial charge in [-0.15, -0.1) is 0 Å². The minimum absolute atomic E-state index is 0.0863. The summed E-state index contributed by atoms with van der Waals surface area (Å²) in [5, 5.41) is 0.0863. The quantitative estimate of drug-likeness (QED) is 0.776. The van der Waals surface area contributed by atoms with E-state index in [9.17, 15) is 4.39 Å². The van der Waals surface area contributed by atoms with Gasteiger partial charge in [-0.2, -0.15) is 0 Å². The zero-order chi connectivity index (χ0) is 10.1. The fraction of sp³-hybridized carbons (Fsp3) is 0.222. The van der Waals surface area contributed by atoms with Gasteiger partial charge in [-0.05, 0) is 6.07 Å². The lowest BCUT2D eigenvalue weighted by molar-refractivity contribution is 0.312. The van der Waals surface area contributed by atoms with Gasteiger partial charge in [0.2, 0.25) is 0 Å². The second-order valence-corrected chi connectivity index (χ2v) is 3.34. The monoisotopic (exact) mass is 214 g/mol. The van der Waals surface area contributed by atoms with Crippen LogP contribution in [0.3, 0.4) is 0 Å². The van der Waals surface area contributed by atoms with Crippen molar-refractivity contribution in [3.8, 4) is 0 Å². The van der Waals surface area contributed by atoms with Crippen LogP contribution in [0.15, 0.2) is 23.2 Å². The molecule has 2 N–H and O–H groups in total. The number of benzene rings is 1. The van der Waals surface area contributed by atoms with Crippen molar-refractivity contribution in [2.24, 2.45) is 10.7 Å². The number of rotatable bonds is 1. The van der Waals surface area contributed by atoms with Gasteiger partial charge in [0, 0.05) is 5.56 Å². The number of hydrogen-bond donors (Lipinski definition) is 1. The van der Waals surface area contributed by atoms with Crippen molar-refractivity contribution in [2.45, 2.75) is 6.04 Å². The second-order valence-electron chi connectivity index (χ2n) is 2.94. The summed E-state index contributed by atoms with van der Waals surface area (Å²) >= 11 is 5.63. The Morgan fingerprint density at radius 1 is 1.57 bits per heavy atom. The summed E-state index contributed by atoms with van der Waals surface area (Å²) in [6, 6.07) is 4.49. The highest BCUT2D eigenvalue weighted by atomic mass is 35.5. The fourth-order valence-electron chi connectivity index (χ4n) is 1.33. The lowest BCUT2D eigenvalue weighted by Gasteiger charge is -2.07. The van der Waals surface area contributed by atoms with E-state index < -0.39 is 5.82 Å². The van der Waals surface area contributed by atoms with E-state index in [0.29, 0.717) is 5.56 Å². The molecule has 3 nitrogen and oxygen atoms in total. The number of amidine groups is 1. The van der Waals surface area contributed by atoms with Crippen molar-refractivity contribution in [2.75, 3.05) is 6.61 Å². The van der Waals surface area contributed by atoms with Crippen LogP contribution in [0.5, 0.6) is 0 Å². The van der Waals surface area contributed by atoms with Crippen LogP contribution in [0.1, 0.15) is 11.6 Å². The summed E-state index contributed by atoms with van der Waals surface area (Å²) in [4.78, 5) is 3.93. The van der Waals surface area contributed by atoms with Crippen LogP contribution >= 0.6 is 11.6 Å². The van der Waals surface area contributed by atoms with Crippen LogP contribution in [0.2, 0.25) is 5.02 Å². The normalized spacial score (nSPS) is 20.4. The molecular formula is C9H8ClFN2O. The van der Waals surface area contributed by atoms with Crippen LogP contribution in [-0.4, -0.2) is 12.6 Å². The Labute approximate surface area is 85.3 Å². The molecule has 0 saturated carbocycles. The molecule has 0 unspecified atom stereocenters. The smallest absolute Gasteiger partial charge is 0.282 e. The van der Waals surface area contributed by atoms with Gasteiger partial charge >= 0.3 is 0 Å². The Morgan fingerprint density at radius 3 is 3.00 bits per heavy atom. The second kappa shape index (κ2) is 3.46. The third-order valence-electron chi connectivity index (χ3n) is 2.01. The van der Waals surface area contributed by atoms with E-state index in [4.69, 9.17) is 22.1 Å². The summed E-state index contributed by atoms with van der Waals surface area (Å²) < 4.78 is 18.4. The van der Waals surface area contributed by atoms with Crippen molar-refractivity contribution in [3.05, 3.63) is 34.6 Å². The average molecular weight is 215 g/mol. The molecule has 1 aliphatic heterocycles. The highest BCUT2D eigenvalue weighted by Gasteiger charge is 2.22. The van der Waals surface area contributed by atoms with E-state index in [1.807, 2.05) is 0 Å². The predicted octanol–water partition coefficient (Wildman–Crippen LogP) is 1.87. The standard InChI is InChI=1S/C9H8ClFN2O/c10-6-3-1-2-5(8(6)11)7-4-14-9(12)13-7/h1-3,7H,4H2,(H2,12,13)/t7-/m0/s1. The number of nitrogens with zero attached hydrogens (tertiary/aromatic N) is 1. The first-order valence-corrected chi connectivity index (χ1v) is 4.46. The Hall–Kier alpha value is -1.29. The van der Waals surface area contributed by atoms with Gasteiger partial charge in [0.1, 0.15) is 18.5 Å². The van der Waals surface area contributed by atoms with Crippen LogP contribution in [0.4, 0.5) is 4.39 Å². The van der Waals surface area contributed by atoms with Gasteiger partial charge in [0.05, 0.1) is 5.02 Å². The van der Waals surface area contributed by atoms with Crippen molar-refractivity contribution in [3.63, 3.8) is 0 Å². The van der Waals surface area contributed by atoms with Crippen LogP contribution in [-0.2, 0) is 4.74 Å². The molecule has 1 atom stereocenters. The highest BCUT2D eigenvalue weighted by Crippen LogP contribution is 2.28. The first-order chi connectivity index (χ1) is 6.68. The number of ether oxygens (including phenoxy) is 1. The molecule has 0 radical (unpaired) electrons. The van der Waals surface area contributed by atoms with Gasteiger partial charge in [-0.3, -0.25) is 0 Å². The molecule has 0 aromatic heterocycles. The topological polar surface area (TPSA) is 47.6 Å². The van der Waals surface area contributed by atoms with Crippen LogP contribution < -0.4 is 5.73 Å². The van der Waals surface area contributed by atoms with Gasteiger partial charge in [0.25, 0.3) is 6.02 Å².